The number of rotatable bonds is 8. The molecular formula is C25H29ClN2O3S2. The van der Waals surface area contributed by atoms with Crippen molar-refractivity contribution < 1.29 is 14.1 Å². The molecule has 0 bridgehead atoms. The van der Waals surface area contributed by atoms with Crippen LogP contribution in [0, 0.1) is 5.92 Å². The van der Waals surface area contributed by atoms with Crippen molar-refractivity contribution in [1.82, 2.24) is 9.97 Å². The Morgan fingerprint density at radius 3 is 2.61 bits per heavy atom. The number of hydrogen-bond donors (Lipinski definition) is 2. The first-order valence-corrected chi connectivity index (χ1v) is 14.0. The molecule has 3 unspecified atom stereocenters. The van der Waals surface area contributed by atoms with Gasteiger partial charge in [-0.15, -0.1) is 11.3 Å². The van der Waals surface area contributed by atoms with Crippen LogP contribution in [-0.4, -0.2) is 37.7 Å². The van der Waals surface area contributed by atoms with Gasteiger partial charge in [-0.05, 0) is 68.7 Å². The molecular weight excluding hydrogens is 476 g/mol. The number of nitrogens with zero attached hydrogens (tertiary/aromatic N) is 1. The molecule has 1 saturated heterocycles. The van der Waals surface area contributed by atoms with Gasteiger partial charge in [0.25, 0.3) is 0 Å². The van der Waals surface area contributed by atoms with Gasteiger partial charge in [0.15, 0.2) is 0 Å². The number of aliphatic hydroxyl groups excluding tert-OH is 1. The van der Waals surface area contributed by atoms with Crippen LogP contribution in [0.3, 0.4) is 0 Å². The molecule has 33 heavy (non-hydrogen) atoms. The van der Waals surface area contributed by atoms with E-state index in [1.54, 1.807) is 13.1 Å². The van der Waals surface area contributed by atoms with Crippen molar-refractivity contribution in [1.29, 1.82) is 0 Å². The van der Waals surface area contributed by atoms with Crippen molar-refractivity contribution in [2.45, 2.75) is 61.2 Å². The van der Waals surface area contributed by atoms with Crippen LogP contribution in [0.4, 0.5) is 0 Å². The van der Waals surface area contributed by atoms with Crippen LogP contribution >= 0.6 is 22.9 Å². The number of aliphatic hydroxyl groups is 1. The van der Waals surface area contributed by atoms with E-state index in [4.69, 9.17) is 16.3 Å². The summed E-state index contributed by atoms with van der Waals surface area (Å²) >= 11 is 8.12. The highest BCUT2D eigenvalue weighted by Gasteiger charge is 2.30. The molecule has 3 heterocycles. The van der Waals surface area contributed by atoms with Crippen molar-refractivity contribution in [3.8, 4) is 10.7 Å². The highest BCUT2D eigenvalue weighted by molar-refractivity contribution is 7.86. The van der Waals surface area contributed by atoms with Gasteiger partial charge in [-0.3, -0.25) is 4.21 Å². The summed E-state index contributed by atoms with van der Waals surface area (Å²) in [5.41, 5.74) is 3.06. The zero-order chi connectivity index (χ0) is 22.9. The fraction of sp³-hybridized carbons (Fsp3) is 0.480. The number of ether oxygens (including phenoxy) is 1. The van der Waals surface area contributed by atoms with Gasteiger partial charge < -0.3 is 14.8 Å². The zero-order valence-corrected chi connectivity index (χ0v) is 21.0. The molecule has 176 valence electrons. The lowest BCUT2D eigenvalue weighted by Gasteiger charge is -2.27. The number of hydrogen-bond acceptors (Lipinski definition) is 5. The first-order chi connectivity index (χ1) is 16.0. The largest absolute Gasteiger partial charge is 0.388 e. The minimum atomic E-state index is -0.895. The van der Waals surface area contributed by atoms with Crippen LogP contribution in [-0.2, 0) is 15.5 Å². The molecule has 3 aromatic rings. The molecule has 0 radical (unpaired) electrons. The predicted molar refractivity (Wildman–Crippen MR) is 133 cm³/mol. The summed E-state index contributed by atoms with van der Waals surface area (Å²) in [6, 6.07) is 10.3. The summed E-state index contributed by atoms with van der Waals surface area (Å²) < 4.78 is 18.2. The van der Waals surface area contributed by atoms with Gasteiger partial charge >= 0.3 is 0 Å². The van der Waals surface area contributed by atoms with E-state index in [0.29, 0.717) is 16.2 Å². The Kier molecular flexibility index (Phi) is 7.04. The van der Waals surface area contributed by atoms with E-state index >= 15 is 0 Å². The van der Waals surface area contributed by atoms with E-state index in [0.717, 1.165) is 71.5 Å². The van der Waals surface area contributed by atoms with Gasteiger partial charge in [-0.2, -0.15) is 0 Å². The fourth-order valence-corrected chi connectivity index (χ4v) is 6.99. The molecule has 1 aromatic carbocycles. The molecule has 1 aliphatic heterocycles. The van der Waals surface area contributed by atoms with E-state index < -0.39 is 16.9 Å². The van der Waals surface area contributed by atoms with Gasteiger partial charge in [0, 0.05) is 41.2 Å². The summed E-state index contributed by atoms with van der Waals surface area (Å²) in [6.45, 7) is 3.37. The first kappa shape index (κ1) is 23.2. The molecule has 2 aromatic heterocycles. The molecule has 2 aliphatic rings. The topological polar surface area (TPSA) is 75.2 Å². The molecule has 2 N–H and O–H groups in total. The molecule has 8 heteroatoms. The Bertz CT molecular complexity index is 1120. The van der Waals surface area contributed by atoms with Crippen molar-refractivity contribution >= 4 is 33.7 Å². The third-order valence-corrected chi connectivity index (χ3v) is 9.86. The molecule has 2 fully saturated rings. The second-order valence-electron chi connectivity index (χ2n) is 9.10. The molecule has 3 atom stereocenters. The molecule has 5 nitrogen and oxygen atoms in total. The predicted octanol–water partition coefficient (Wildman–Crippen LogP) is 6.06. The Balaban J connectivity index is 1.45. The Labute approximate surface area is 206 Å². The zero-order valence-electron chi connectivity index (χ0n) is 18.6. The standard InChI is InChI=1S/C25H29ClN2O3S2/c1-15(29)23-14-27-25(32-23)24-21(26)13-22(28-24)20(12-16-8-10-31-11-9-16)17-2-4-18(5-3-17)33(30)19-6-7-19/h2-5,13-16,19-20,28-29H,6-12H2,1H3. The van der Waals surface area contributed by atoms with Gasteiger partial charge in [0.1, 0.15) is 5.01 Å². The number of benzene rings is 1. The normalized spacial score (nSPS) is 20.0. The SMILES string of the molecule is CC(O)c1cnc(-c2[nH]c(C(CC3CCOCC3)c3ccc(S(=O)C4CC4)cc3)cc2Cl)s1. The Morgan fingerprint density at radius 2 is 1.97 bits per heavy atom. The number of H-pyrrole nitrogens is 1. The average Bonchev–Trinajstić information content (AvgIpc) is 3.43. The minimum Gasteiger partial charge on any atom is -0.388 e. The lowest BCUT2D eigenvalue weighted by atomic mass is 9.83. The van der Waals surface area contributed by atoms with Crippen LogP contribution in [0.5, 0.6) is 0 Å². The van der Waals surface area contributed by atoms with Crippen molar-refractivity contribution in [3.05, 3.63) is 57.7 Å². The van der Waals surface area contributed by atoms with Crippen molar-refractivity contribution in [2.75, 3.05) is 13.2 Å². The Morgan fingerprint density at radius 1 is 1.24 bits per heavy atom. The second kappa shape index (κ2) is 10.0. The second-order valence-corrected chi connectivity index (χ2v) is 12.3. The van der Waals surface area contributed by atoms with Gasteiger partial charge in [0.05, 0.1) is 32.5 Å². The summed E-state index contributed by atoms with van der Waals surface area (Å²) in [7, 11) is -0.895. The van der Waals surface area contributed by atoms with E-state index in [-0.39, 0.29) is 5.92 Å². The number of halogens is 1. The van der Waals surface area contributed by atoms with Gasteiger partial charge in [0.2, 0.25) is 0 Å². The van der Waals surface area contributed by atoms with E-state index in [9.17, 15) is 9.32 Å². The maximum Gasteiger partial charge on any atom is 0.141 e. The summed E-state index contributed by atoms with van der Waals surface area (Å²) in [6.07, 6.45) is 6.42. The molecule has 1 saturated carbocycles. The summed E-state index contributed by atoms with van der Waals surface area (Å²) in [5.74, 6) is 0.732. The first-order valence-electron chi connectivity index (χ1n) is 11.6. The third kappa shape index (κ3) is 5.28. The lowest BCUT2D eigenvalue weighted by molar-refractivity contribution is 0.0626. The van der Waals surface area contributed by atoms with Crippen LogP contribution in [0.2, 0.25) is 5.02 Å². The third-order valence-electron chi connectivity index (χ3n) is 6.57. The highest BCUT2D eigenvalue weighted by atomic mass is 35.5. The fourth-order valence-electron chi connectivity index (χ4n) is 4.45. The van der Waals surface area contributed by atoms with Crippen LogP contribution in [0.25, 0.3) is 10.7 Å². The van der Waals surface area contributed by atoms with Crippen molar-refractivity contribution in [3.63, 3.8) is 0 Å². The van der Waals surface area contributed by atoms with Crippen molar-refractivity contribution in [2.24, 2.45) is 5.92 Å². The number of nitrogens with one attached hydrogen (secondary N) is 1. The highest BCUT2D eigenvalue weighted by Crippen LogP contribution is 2.40. The average molecular weight is 505 g/mol. The monoisotopic (exact) mass is 504 g/mol. The number of thiazole rings is 1. The number of aromatic nitrogens is 2. The summed E-state index contributed by atoms with van der Waals surface area (Å²) in [4.78, 5) is 9.76. The molecule has 1 aliphatic carbocycles. The van der Waals surface area contributed by atoms with Gasteiger partial charge in [-0.1, -0.05) is 23.7 Å². The van der Waals surface area contributed by atoms with Gasteiger partial charge in [-0.25, -0.2) is 4.98 Å². The maximum absolute atomic E-state index is 12.6. The van der Waals surface area contributed by atoms with Crippen LogP contribution < -0.4 is 0 Å². The van der Waals surface area contributed by atoms with Crippen LogP contribution in [0.1, 0.15) is 67.2 Å². The summed E-state index contributed by atoms with van der Waals surface area (Å²) in [5, 5.41) is 11.6. The van der Waals surface area contributed by atoms with Crippen LogP contribution in [0.15, 0.2) is 41.4 Å². The molecule has 5 rings (SSSR count). The molecule has 0 amide bonds. The maximum atomic E-state index is 12.6. The number of aromatic amines is 1. The quantitative estimate of drug-likeness (QED) is 0.390. The lowest BCUT2D eigenvalue weighted by Crippen LogP contribution is -2.18. The Hall–Kier alpha value is -1.51. The minimum absolute atomic E-state index is 0.152. The smallest absolute Gasteiger partial charge is 0.141 e. The van der Waals surface area contributed by atoms with E-state index in [1.807, 2.05) is 18.2 Å². The van der Waals surface area contributed by atoms with E-state index in [1.165, 1.54) is 16.9 Å². The molecule has 0 spiro atoms. The van der Waals surface area contributed by atoms with E-state index in [2.05, 4.69) is 22.1 Å².